The van der Waals surface area contributed by atoms with Gasteiger partial charge in [-0.3, -0.25) is 14.5 Å². The number of hydrogen-bond donors (Lipinski definition) is 0. The van der Waals surface area contributed by atoms with Crippen molar-refractivity contribution in [2.45, 2.75) is 44.7 Å². The Balaban J connectivity index is 1.44. The van der Waals surface area contributed by atoms with E-state index in [0.717, 1.165) is 19.6 Å². The first-order valence-electron chi connectivity index (χ1n) is 10.3. The van der Waals surface area contributed by atoms with E-state index in [1.165, 1.54) is 31.2 Å². The maximum absolute atomic E-state index is 12.9. The number of carbonyl (C=O) groups excluding carboxylic acids is 2. The minimum atomic E-state index is 0.0964. The van der Waals surface area contributed by atoms with Crippen molar-refractivity contribution in [3.8, 4) is 0 Å². The molecule has 5 heteroatoms. The molecule has 1 aromatic rings. The molecular formula is C22H31N3O2. The molecule has 3 aliphatic rings. The van der Waals surface area contributed by atoms with Gasteiger partial charge in [-0.05, 0) is 25.5 Å². The number of carbonyl (C=O) groups is 2. The minimum Gasteiger partial charge on any atom is -0.341 e. The Bertz CT molecular complexity index is 686. The maximum atomic E-state index is 12.9. The zero-order valence-electron chi connectivity index (χ0n) is 16.5. The molecule has 0 bridgehead atoms. The molecule has 146 valence electrons. The van der Waals surface area contributed by atoms with Gasteiger partial charge in [-0.15, -0.1) is 0 Å². The second-order valence-corrected chi connectivity index (χ2v) is 8.60. The van der Waals surface area contributed by atoms with E-state index in [2.05, 4.69) is 24.1 Å². The number of benzene rings is 1. The molecule has 1 aromatic carbocycles. The summed E-state index contributed by atoms with van der Waals surface area (Å²) in [6.07, 6.45) is 5.02. The van der Waals surface area contributed by atoms with Gasteiger partial charge in [0, 0.05) is 44.4 Å². The molecule has 2 aliphatic heterocycles. The van der Waals surface area contributed by atoms with Crippen molar-refractivity contribution in [1.29, 1.82) is 0 Å². The second kappa shape index (κ2) is 7.63. The number of fused-ring (bicyclic) bond motifs is 1. The lowest BCUT2D eigenvalue weighted by molar-refractivity contribution is -0.132. The van der Waals surface area contributed by atoms with Crippen LogP contribution in [0, 0.1) is 11.8 Å². The topological polar surface area (TPSA) is 43.9 Å². The average molecular weight is 370 g/mol. The molecular weight excluding hydrogens is 338 g/mol. The molecule has 1 aliphatic carbocycles. The normalized spacial score (nSPS) is 28.2. The molecule has 0 spiro atoms. The number of likely N-dealkylation sites (tertiary alicyclic amines) is 2. The molecule has 0 aromatic heterocycles. The summed E-state index contributed by atoms with van der Waals surface area (Å²) in [5.74, 6) is 1.12. The van der Waals surface area contributed by atoms with E-state index in [9.17, 15) is 9.59 Å². The minimum absolute atomic E-state index is 0.0964. The van der Waals surface area contributed by atoms with Crippen LogP contribution in [0.2, 0.25) is 0 Å². The zero-order valence-corrected chi connectivity index (χ0v) is 16.5. The Labute approximate surface area is 162 Å². The number of hydrogen-bond acceptors (Lipinski definition) is 3. The van der Waals surface area contributed by atoms with Crippen LogP contribution < -0.4 is 0 Å². The summed E-state index contributed by atoms with van der Waals surface area (Å²) in [6.45, 7) is 4.51. The molecule has 0 radical (unpaired) electrons. The first kappa shape index (κ1) is 18.5. The average Bonchev–Trinajstić information content (AvgIpc) is 3.37. The van der Waals surface area contributed by atoms with Crippen molar-refractivity contribution in [2.75, 3.05) is 33.2 Å². The fourth-order valence-electron chi connectivity index (χ4n) is 5.44. The van der Waals surface area contributed by atoms with Crippen LogP contribution in [-0.2, 0) is 9.59 Å². The molecule has 2 heterocycles. The number of rotatable bonds is 4. The smallest absolute Gasteiger partial charge is 0.236 e. The van der Waals surface area contributed by atoms with E-state index < -0.39 is 0 Å². The van der Waals surface area contributed by atoms with Gasteiger partial charge in [-0.25, -0.2) is 0 Å². The Kier molecular flexibility index (Phi) is 5.22. The van der Waals surface area contributed by atoms with Crippen molar-refractivity contribution in [2.24, 2.45) is 11.8 Å². The first-order chi connectivity index (χ1) is 13.0. The number of likely N-dealkylation sites (N-methyl/N-ethyl adjacent to an activating group) is 1. The number of nitrogens with zero attached hydrogens (tertiary/aromatic N) is 3. The van der Waals surface area contributed by atoms with Crippen LogP contribution in [0.4, 0.5) is 0 Å². The third-order valence-electron chi connectivity index (χ3n) is 6.90. The van der Waals surface area contributed by atoms with Crippen molar-refractivity contribution < 1.29 is 9.59 Å². The Hall–Kier alpha value is -1.88. The van der Waals surface area contributed by atoms with E-state index in [4.69, 9.17) is 0 Å². The molecule has 3 atom stereocenters. The van der Waals surface area contributed by atoms with E-state index in [1.54, 1.807) is 6.92 Å². The highest BCUT2D eigenvalue weighted by Crippen LogP contribution is 2.44. The fourth-order valence-corrected chi connectivity index (χ4v) is 5.44. The quantitative estimate of drug-likeness (QED) is 0.819. The second-order valence-electron chi connectivity index (χ2n) is 8.60. The maximum Gasteiger partial charge on any atom is 0.236 e. The highest BCUT2D eigenvalue weighted by Gasteiger charge is 2.49. The van der Waals surface area contributed by atoms with E-state index >= 15 is 0 Å². The molecule has 2 saturated heterocycles. The SMILES string of the molecule is CC(=O)N1C[C@H]2CN(C(=O)CN(C)C3CCCC3)C[C@H]2[C@H]1c1ccccc1. The van der Waals surface area contributed by atoms with Gasteiger partial charge in [0.25, 0.3) is 0 Å². The molecule has 1 saturated carbocycles. The Morgan fingerprint density at radius 1 is 1.07 bits per heavy atom. The molecule has 2 amide bonds. The van der Waals surface area contributed by atoms with Crippen molar-refractivity contribution >= 4 is 11.8 Å². The van der Waals surface area contributed by atoms with Gasteiger partial charge in [-0.1, -0.05) is 43.2 Å². The highest BCUT2D eigenvalue weighted by molar-refractivity contribution is 5.79. The van der Waals surface area contributed by atoms with Crippen LogP contribution in [0.25, 0.3) is 0 Å². The van der Waals surface area contributed by atoms with Crippen LogP contribution in [0.1, 0.15) is 44.2 Å². The predicted molar refractivity (Wildman–Crippen MR) is 105 cm³/mol. The standard InChI is InChI=1S/C22H31N3O2/c1-16(26)25-13-18-12-24(21(27)15-23(2)19-10-6-7-11-19)14-20(18)22(25)17-8-4-3-5-9-17/h3-5,8-9,18-20,22H,6-7,10-15H2,1-2H3/t18-,20-,22-/m1/s1. The fraction of sp³-hybridized carbons (Fsp3) is 0.636. The third kappa shape index (κ3) is 3.62. The van der Waals surface area contributed by atoms with Gasteiger partial charge in [0.15, 0.2) is 0 Å². The van der Waals surface area contributed by atoms with Gasteiger partial charge in [0.05, 0.1) is 12.6 Å². The van der Waals surface area contributed by atoms with Crippen molar-refractivity contribution in [1.82, 2.24) is 14.7 Å². The highest BCUT2D eigenvalue weighted by atomic mass is 16.2. The summed E-state index contributed by atoms with van der Waals surface area (Å²) < 4.78 is 0. The van der Waals surface area contributed by atoms with E-state index in [-0.39, 0.29) is 17.9 Å². The summed E-state index contributed by atoms with van der Waals surface area (Å²) in [5, 5.41) is 0. The summed E-state index contributed by atoms with van der Waals surface area (Å²) in [6, 6.07) is 11.0. The van der Waals surface area contributed by atoms with Crippen molar-refractivity contribution in [3.63, 3.8) is 0 Å². The summed E-state index contributed by atoms with van der Waals surface area (Å²) >= 11 is 0. The van der Waals surface area contributed by atoms with E-state index in [1.807, 2.05) is 28.0 Å². The monoisotopic (exact) mass is 369 g/mol. The molecule has 4 rings (SSSR count). The van der Waals surface area contributed by atoms with Crippen LogP contribution in [0.5, 0.6) is 0 Å². The third-order valence-corrected chi connectivity index (χ3v) is 6.90. The van der Waals surface area contributed by atoms with Crippen molar-refractivity contribution in [3.05, 3.63) is 35.9 Å². The Morgan fingerprint density at radius 3 is 2.44 bits per heavy atom. The predicted octanol–water partition coefficient (Wildman–Crippen LogP) is 2.54. The van der Waals surface area contributed by atoms with Gasteiger partial charge < -0.3 is 9.80 Å². The summed E-state index contributed by atoms with van der Waals surface area (Å²) in [7, 11) is 2.09. The van der Waals surface area contributed by atoms with Gasteiger partial charge in [0.2, 0.25) is 11.8 Å². The van der Waals surface area contributed by atoms with Gasteiger partial charge in [0.1, 0.15) is 0 Å². The largest absolute Gasteiger partial charge is 0.341 e. The molecule has 5 nitrogen and oxygen atoms in total. The van der Waals surface area contributed by atoms with Crippen LogP contribution in [0.15, 0.2) is 30.3 Å². The lowest BCUT2D eigenvalue weighted by Gasteiger charge is -2.30. The van der Waals surface area contributed by atoms with Crippen LogP contribution in [-0.4, -0.2) is 65.8 Å². The summed E-state index contributed by atoms with van der Waals surface area (Å²) in [5.41, 5.74) is 1.19. The van der Waals surface area contributed by atoms with Crippen LogP contribution in [0.3, 0.4) is 0 Å². The van der Waals surface area contributed by atoms with E-state index in [0.29, 0.717) is 24.4 Å². The number of amides is 2. The lowest BCUT2D eigenvalue weighted by atomic mass is 9.89. The zero-order chi connectivity index (χ0) is 19.0. The van der Waals surface area contributed by atoms with Gasteiger partial charge in [-0.2, -0.15) is 0 Å². The summed E-state index contributed by atoms with van der Waals surface area (Å²) in [4.78, 5) is 31.4. The molecule has 0 N–H and O–H groups in total. The lowest BCUT2D eigenvalue weighted by Crippen LogP contribution is -2.42. The Morgan fingerprint density at radius 2 is 1.78 bits per heavy atom. The van der Waals surface area contributed by atoms with Crippen LogP contribution >= 0.6 is 0 Å². The van der Waals surface area contributed by atoms with Gasteiger partial charge >= 0.3 is 0 Å². The molecule has 0 unspecified atom stereocenters. The first-order valence-corrected chi connectivity index (χ1v) is 10.3. The molecule has 27 heavy (non-hydrogen) atoms. The molecule has 3 fully saturated rings.